The van der Waals surface area contributed by atoms with Gasteiger partial charge in [-0.2, -0.15) is 0 Å². The van der Waals surface area contributed by atoms with Crippen molar-refractivity contribution in [2.24, 2.45) is 5.14 Å². The highest BCUT2D eigenvalue weighted by atomic mass is 32.2. The zero-order valence-corrected chi connectivity index (χ0v) is 18.3. The first kappa shape index (κ1) is 22.3. The van der Waals surface area contributed by atoms with Gasteiger partial charge in [0.15, 0.2) is 0 Å². The van der Waals surface area contributed by atoms with Crippen molar-refractivity contribution in [3.8, 4) is 5.75 Å². The smallest absolute Gasteiger partial charge is 0.300 e. The molecule has 3 N–H and O–H groups in total. The molecular weight excluding hydrogens is 444 g/mol. The number of hydrogen-bond donors (Lipinski definition) is 2. The Balaban J connectivity index is 1.89. The van der Waals surface area contributed by atoms with Crippen LogP contribution in [0, 0.1) is 0 Å². The molecular formula is C24H20N2O6S. The molecule has 3 aromatic carbocycles. The number of ether oxygens (including phenoxy) is 1. The van der Waals surface area contributed by atoms with Crippen molar-refractivity contribution in [1.82, 2.24) is 0 Å². The number of nitrogens with zero attached hydrogens (tertiary/aromatic N) is 1. The van der Waals surface area contributed by atoms with Gasteiger partial charge in [-0.3, -0.25) is 14.5 Å². The van der Waals surface area contributed by atoms with Gasteiger partial charge in [0.2, 0.25) is 10.0 Å². The maximum absolute atomic E-state index is 13.1. The Kier molecular flexibility index (Phi) is 5.75. The van der Waals surface area contributed by atoms with Gasteiger partial charge in [0.05, 0.1) is 23.6 Å². The number of primary sulfonamides is 1. The Hall–Kier alpha value is -3.95. The molecule has 1 saturated heterocycles. The number of hydrogen-bond acceptors (Lipinski definition) is 6. The van der Waals surface area contributed by atoms with Gasteiger partial charge in [0, 0.05) is 11.3 Å². The number of methoxy groups -OCH3 is 1. The third-order valence-electron chi connectivity index (χ3n) is 5.37. The second kappa shape index (κ2) is 8.53. The molecule has 0 radical (unpaired) electrons. The van der Waals surface area contributed by atoms with E-state index in [1.165, 1.54) is 36.3 Å². The van der Waals surface area contributed by atoms with E-state index in [1.807, 2.05) is 0 Å². The lowest BCUT2D eigenvalue weighted by Crippen LogP contribution is -2.29. The van der Waals surface area contributed by atoms with E-state index < -0.39 is 27.8 Å². The largest absolute Gasteiger partial charge is 0.507 e. The summed E-state index contributed by atoms with van der Waals surface area (Å²) in [6, 6.07) is 19.6. The molecule has 33 heavy (non-hydrogen) atoms. The molecule has 1 atom stereocenters. The Morgan fingerprint density at radius 2 is 1.55 bits per heavy atom. The molecule has 1 unspecified atom stereocenters. The van der Waals surface area contributed by atoms with Crippen molar-refractivity contribution in [2.45, 2.75) is 10.9 Å². The van der Waals surface area contributed by atoms with Gasteiger partial charge in [-0.05, 0) is 54.1 Å². The first-order valence-electron chi connectivity index (χ1n) is 9.85. The molecule has 1 aliphatic heterocycles. The molecule has 168 valence electrons. The lowest BCUT2D eigenvalue weighted by atomic mass is 9.95. The first-order chi connectivity index (χ1) is 15.7. The number of anilines is 1. The SMILES string of the molecule is COc1ccc(/C(O)=C2/C(=O)C(=O)N(c3ccc(S(N)(=O)=O)cc3)C2c2ccccc2)cc1. The molecule has 1 heterocycles. The molecule has 0 saturated carbocycles. The van der Waals surface area contributed by atoms with Crippen molar-refractivity contribution in [3.63, 3.8) is 0 Å². The fourth-order valence-corrected chi connectivity index (χ4v) is 4.27. The van der Waals surface area contributed by atoms with Gasteiger partial charge in [0.25, 0.3) is 11.7 Å². The summed E-state index contributed by atoms with van der Waals surface area (Å²) >= 11 is 0. The number of benzene rings is 3. The van der Waals surface area contributed by atoms with Crippen LogP contribution in [0.4, 0.5) is 5.69 Å². The maximum atomic E-state index is 13.1. The van der Waals surface area contributed by atoms with Crippen LogP contribution in [-0.4, -0.2) is 32.3 Å². The lowest BCUT2D eigenvalue weighted by Gasteiger charge is -2.25. The second-order valence-corrected chi connectivity index (χ2v) is 8.91. The van der Waals surface area contributed by atoms with E-state index in [4.69, 9.17) is 9.88 Å². The third kappa shape index (κ3) is 4.11. The first-order valence-corrected chi connectivity index (χ1v) is 11.4. The lowest BCUT2D eigenvalue weighted by molar-refractivity contribution is -0.132. The quantitative estimate of drug-likeness (QED) is 0.340. The van der Waals surface area contributed by atoms with Crippen molar-refractivity contribution >= 4 is 33.2 Å². The molecule has 3 aromatic rings. The Bertz CT molecular complexity index is 1350. The highest BCUT2D eigenvalue weighted by molar-refractivity contribution is 7.89. The minimum atomic E-state index is -3.93. The number of Topliss-reactive ketones (excluding diaryl/α,β-unsaturated/α-hetero) is 1. The Morgan fingerprint density at radius 3 is 2.09 bits per heavy atom. The van der Waals surface area contributed by atoms with Crippen LogP contribution in [0.3, 0.4) is 0 Å². The van der Waals surface area contributed by atoms with E-state index in [1.54, 1.807) is 54.6 Å². The van der Waals surface area contributed by atoms with Crippen molar-refractivity contribution in [1.29, 1.82) is 0 Å². The van der Waals surface area contributed by atoms with Gasteiger partial charge in [-0.15, -0.1) is 0 Å². The molecule has 0 bridgehead atoms. The number of rotatable bonds is 5. The number of nitrogens with two attached hydrogens (primary N) is 1. The average molecular weight is 464 g/mol. The van der Waals surface area contributed by atoms with E-state index >= 15 is 0 Å². The van der Waals surface area contributed by atoms with Crippen molar-refractivity contribution < 1.29 is 27.9 Å². The predicted molar refractivity (Wildman–Crippen MR) is 122 cm³/mol. The summed E-state index contributed by atoms with van der Waals surface area (Å²) in [5.41, 5.74) is 1.15. The zero-order valence-electron chi connectivity index (χ0n) is 17.5. The van der Waals surface area contributed by atoms with Crippen LogP contribution in [0.5, 0.6) is 5.75 Å². The number of carbonyl (C=O) groups excluding carboxylic acids is 2. The molecule has 1 fully saturated rings. The summed E-state index contributed by atoms with van der Waals surface area (Å²) < 4.78 is 28.3. The molecule has 0 aromatic heterocycles. The minimum Gasteiger partial charge on any atom is -0.507 e. The topological polar surface area (TPSA) is 127 Å². The molecule has 1 aliphatic rings. The van der Waals surface area contributed by atoms with E-state index in [0.29, 0.717) is 16.9 Å². The highest BCUT2D eigenvalue weighted by Crippen LogP contribution is 2.42. The maximum Gasteiger partial charge on any atom is 0.300 e. The number of sulfonamides is 1. The fourth-order valence-electron chi connectivity index (χ4n) is 3.75. The zero-order chi connectivity index (χ0) is 23.8. The third-order valence-corrected chi connectivity index (χ3v) is 6.30. The Labute approximate surface area is 190 Å². The fraction of sp³-hybridized carbons (Fsp3) is 0.0833. The molecule has 4 rings (SSSR count). The number of aliphatic hydroxyl groups is 1. The van der Waals surface area contributed by atoms with E-state index in [9.17, 15) is 23.1 Å². The summed E-state index contributed by atoms with van der Waals surface area (Å²) in [5.74, 6) is -1.45. The van der Waals surface area contributed by atoms with Gasteiger partial charge < -0.3 is 9.84 Å². The van der Waals surface area contributed by atoms with Gasteiger partial charge in [-0.25, -0.2) is 13.6 Å². The van der Waals surface area contributed by atoms with Gasteiger partial charge >= 0.3 is 0 Å². The van der Waals surface area contributed by atoms with E-state index in [0.717, 1.165) is 0 Å². The van der Waals surface area contributed by atoms with E-state index in [-0.39, 0.29) is 21.9 Å². The van der Waals surface area contributed by atoms with E-state index in [2.05, 4.69) is 0 Å². The summed E-state index contributed by atoms with van der Waals surface area (Å²) in [5, 5.41) is 16.2. The van der Waals surface area contributed by atoms with Crippen LogP contribution in [0.25, 0.3) is 5.76 Å². The second-order valence-electron chi connectivity index (χ2n) is 7.35. The monoisotopic (exact) mass is 464 g/mol. The van der Waals surface area contributed by atoms with Crippen LogP contribution >= 0.6 is 0 Å². The summed E-state index contributed by atoms with van der Waals surface area (Å²) in [6.45, 7) is 0. The standard InChI is InChI=1S/C24H20N2O6S/c1-32-18-11-7-16(8-12-18)22(27)20-21(15-5-3-2-4-6-15)26(24(29)23(20)28)17-9-13-19(14-10-17)33(25,30)31/h2-14,21,27H,1H3,(H2,25,30,31)/b22-20-. The normalized spacial score (nSPS) is 17.9. The molecule has 0 aliphatic carbocycles. The molecule has 8 nitrogen and oxygen atoms in total. The van der Waals surface area contributed by atoms with Crippen LogP contribution in [0.2, 0.25) is 0 Å². The van der Waals surface area contributed by atoms with Crippen LogP contribution in [0.1, 0.15) is 17.2 Å². The highest BCUT2D eigenvalue weighted by Gasteiger charge is 2.46. The van der Waals surface area contributed by atoms with Crippen molar-refractivity contribution in [3.05, 3.63) is 95.6 Å². The molecule has 1 amide bonds. The average Bonchev–Trinajstić information content (AvgIpc) is 3.09. The molecule has 0 spiro atoms. The number of ketones is 1. The minimum absolute atomic E-state index is 0.0770. The van der Waals surface area contributed by atoms with Gasteiger partial charge in [-0.1, -0.05) is 30.3 Å². The number of aliphatic hydroxyl groups excluding tert-OH is 1. The summed E-state index contributed by atoms with van der Waals surface area (Å²) in [4.78, 5) is 27.3. The predicted octanol–water partition coefficient (Wildman–Crippen LogP) is 2.97. The van der Waals surface area contributed by atoms with Crippen LogP contribution in [0.15, 0.2) is 89.3 Å². The summed E-state index contributed by atoms with van der Waals surface area (Å²) in [7, 11) is -2.42. The van der Waals surface area contributed by atoms with Crippen molar-refractivity contribution in [2.75, 3.05) is 12.0 Å². The van der Waals surface area contributed by atoms with Crippen LogP contribution in [-0.2, 0) is 19.6 Å². The van der Waals surface area contributed by atoms with Crippen LogP contribution < -0.4 is 14.8 Å². The van der Waals surface area contributed by atoms with Gasteiger partial charge in [0.1, 0.15) is 11.5 Å². The number of carbonyl (C=O) groups is 2. The number of amides is 1. The summed E-state index contributed by atoms with van der Waals surface area (Å²) in [6.07, 6.45) is 0. The Morgan fingerprint density at radius 1 is 0.939 bits per heavy atom. The molecule has 9 heteroatoms.